The van der Waals surface area contributed by atoms with Gasteiger partial charge in [-0.1, -0.05) is 18.2 Å². The number of hydrogen-bond acceptors (Lipinski definition) is 4. The molecule has 0 aliphatic heterocycles. The summed E-state index contributed by atoms with van der Waals surface area (Å²) in [7, 11) is 0. The molecule has 0 radical (unpaired) electrons. The number of aliphatic hydroxyl groups excluding tert-OH is 1. The largest absolute Gasteiger partial charge is 0.391 e. The van der Waals surface area contributed by atoms with Crippen LogP contribution in [0.5, 0.6) is 0 Å². The molecule has 0 spiro atoms. The van der Waals surface area contributed by atoms with E-state index in [2.05, 4.69) is 0 Å². The van der Waals surface area contributed by atoms with E-state index in [1.165, 1.54) is 13.0 Å². The fourth-order valence-corrected chi connectivity index (χ4v) is 1.20. The molecule has 1 rings (SSSR count). The molecule has 76 valence electrons. The average molecular weight is 196 g/mol. The highest BCUT2D eigenvalue weighted by Gasteiger charge is 2.21. The van der Waals surface area contributed by atoms with Crippen molar-refractivity contribution in [2.45, 2.75) is 19.1 Å². The molecule has 1 aromatic rings. The third-order valence-corrected chi connectivity index (χ3v) is 2.01. The van der Waals surface area contributed by atoms with Gasteiger partial charge in [-0.25, -0.2) is 0 Å². The molecule has 1 aromatic carbocycles. The van der Waals surface area contributed by atoms with Gasteiger partial charge >= 0.3 is 0 Å². The Morgan fingerprint density at radius 1 is 1.50 bits per heavy atom. The topological polar surface area (TPSA) is 89.4 Å². The quantitative estimate of drug-likeness (QED) is 0.557. The molecule has 0 aliphatic rings. The fourth-order valence-electron chi connectivity index (χ4n) is 1.20. The van der Waals surface area contributed by atoms with Crippen LogP contribution in [0, 0.1) is 10.1 Å². The minimum atomic E-state index is -0.809. The molecule has 0 aromatic heterocycles. The maximum atomic E-state index is 10.6. The molecule has 3 N–H and O–H groups in total. The van der Waals surface area contributed by atoms with Crippen molar-refractivity contribution in [2.75, 3.05) is 0 Å². The second-order valence-corrected chi connectivity index (χ2v) is 3.08. The highest BCUT2D eigenvalue weighted by molar-refractivity contribution is 5.42. The Kier molecular flexibility index (Phi) is 3.16. The number of aliphatic hydroxyl groups is 1. The Balaban J connectivity index is 3.13. The fraction of sp³-hybridized carbons (Fsp3) is 0.333. The molecule has 0 unspecified atom stereocenters. The van der Waals surface area contributed by atoms with Crippen molar-refractivity contribution in [3.63, 3.8) is 0 Å². The molecule has 0 heterocycles. The summed E-state index contributed by atoms with van der Waals surface area (Å²) in [6, 6.07) is 5.42. The van der Waals surface area contributed by atoms with Crippen LogP contribution in [-0.4, -0.2) is 16.1 Å². The molecule has 0 saturated carbocycles. The minimum absolute atomic E-state index is 0.0547. The van der Waals surface area contributed by atoms with Gasteiger partial charge in [0.05, 0.1) is 17.1 Å². The van der Waals surface area contributed by atoms with Gasteiger partial charge in [-0.3, -0.25) is 10.1 Å². The van der Waals surface area contributed by atoms with Crippen LogP contribution >= 0.6 is 0 Å². The Morgan fingerprint density at radius 2 is 2.07 bits per heavy atom. The molecule has 5 nitrogen and oxygen atoms in total. The normalized spacial score (nSPS) is 14.8. The molecular weight excluding hydrogens is 184 g/mol. The number of para-hydroxylation sites is 1. The van der Waals surface area contributed by atoms with Gasteiger partial charge in [0.2, 0.25) is 0 Å². The summed E-state index contributed by atoms with van der Waals surface area (Å²) in [5.41, 5.74) is 5.92. The predicted molar refractivity (Wildman–Crippen MR) is 51.7 cm³/mol. The lowest BCUT2D eigenvalue weighted by Gasteiger charge is -2.14. The van der Waals surface area contributed by atoms with Crippen molar-refractivity contribution in [2.24, 2.45) is 5.73 Å². The van der Waals surface area contributed by atoms with Gasteiger partial charge < -0.3 is 10.8 Å². The zero-order valence-electron chi connectivity index (χ0n) is 7.75. The van der Waals surface area contributed by atoms with Gasteiger partial charge in [0.1, 0.15) is 0 Å². The second-order valence-electron chi connectivity index (χ2n) is 3.08. The highest BCUT2D eigenvalue weighted by atomic mass is 16.6. The summed E-state index contributed by atoms with van der Waals surface area (Å²) in [5.74, 6) is 0. The number of hydrogen-bond donors (Lipinski definition) is 2. The van der Waals surface area contributed by atoms with Gasteiger partial charge in [0.15, 0.2) is 0 Å². The lowest BCUT2D eigenvalue weighted by molar-refractivity contribution is -0.385. The zero-order chi connectivity index (χ0) is 10.7. The van der Waals surface area contributed by atoms with Gasteiger partial charge in [0, 0.05) is 11.6 Å². The van der Waals surface area contributed by atoms with Crippen LogP contribution in [0.3, 0.4) is 0 Å². The lowest BCUT2D eigenvalue weighted by Crippen LogP contribution is -2.23. The first-order valence-corrected chi connectivity index (χ1v) is 4.21. The Hall–Kier alpha value is -1.46. The average Bonchev–Trinajstić information content (AvgIpc) is 2.16. The van der Waals surface area contributed by atoms with E-state index in [9.17, 15) is 15.2 Å². The molecule has 14 heavy (non-hydrogen) atoms. The van der Waals surface area contributed by atoms with Crippen LogP contribution in [0.15, 0.2) is 24.3 Å². The maximum Gasteiger partial charge on any atom is 0.274 e. The van der Waals surface area contributed by atoms with Crippen LogP contribution in [0.25, 0.3) is 0 Å². The molecule has 0 fully saturated rings. The van der Waals surface area contributed by atoms with Gasteiger partial charge in [0.25, 0.3) is 5.69 Å². The Morgan fingerprint density at radius 3 is 2.57 bits per heavy atom. The van der Waals surface area contributed by atoms with Crippen molar-refractivity contribution in [3.8, 4) is 0 Å². The third kappa shape index (κ3) is 2.07. The standard InChI is InChI=1S/C9H12N2O3/c1-6(12)9(10)7-4-2-3-5-8(7)11(13)14/h2-6,9,12H,10H2,1H3/t6-,9-/m1/s1. The summed E-state index contributed by atoms with van der Waals surface area (Å²) in [4.78, 5) is 10.1. The van der Waals surface area contributed by atoms with E-state index in [1.54, 1.807) is 18.2 Å². The molecular formula is C9H12N2O3. The number of benzene rings is 1. The maximum absolute atomic E-state index is 10.6. The van der Waals surface area contributed by atoms with E-state index in [-0.39, 0.29) is 5.69 Å². The van der Waals surface area contributed by atoms with Crippen molar-refractivity contribution >= 4 is 5.69 Å². The van der Waals surface area contributed by atoms with E-state index in [0.29, 0.717) is 5.56 Å². The van der Waals surface area contributed by atoms with Crippen molar-refractivity contribution in [1.82, 2.24) is 0 Å². The van der Waals surface area contributed by atoms with Crippen molar-refractivity contribution in [1.29, 1.82) is 0 Å². The van der Waals surface area contributed by atoms with Gasteiger partial charge in [-0.15, -0.1) is 0 Å². The first-order valence-electron chi connectivity index (χ1n) is 4.21. The van der Waals surface area contributed by atoms with E-state index in [4.69, 9.17) is 5.73 Å². The van der Waals surface area contributed by atoms with Crippen LogP contribution in [0.4, 0.5) is 5.69 Å². The van der Waals surface area contributed by atoms with Gasteiger partial charge in [-0.2, -0.15) is 0 Å². The minimum Gasteiger partial charge on any atom is -0.391 e. The monoisotopic (exact) mass is 196 g/mol. The molecule has 2 atom stereocenters. The van der Waals surface area contributed by atoms with E-state index < -0.39 is 17.1 Å². The molecule has 0 saturated heterocycles. The highest BCUT2D eigenvalue weighted by Crippen LogP contribution is 2.24. The van der Waals surface area contributed by atoms with Crippen LogP contribution in [0.2, 0.25) is 0 Å². The predicted octanol–water partition coefficient (Wildman–Crippen LogP) is 0.975. The summed E-state index contributed by atoms with van der Waals surface area (Å²) in [6.07, 6.45) is -0.809. The molecule has 0 bridgehead atoms. The Bertz CT molecular complexity index is 339. The third-order valence-electron chi connectivity index (χ3n) is 2.01. The Labute approximate surface area is 81.3 Å². The van der Waals surface area contributed by atoms with Crippen molar-refractivity contribution < 1.29 is 10.0 Å². The summed E-state index contributed by atoms with van der Waals surface area (Å²) < 4.78 is 0. The molecule has 0 amide bonds. The van der Waals surface area contributed by atoms with Crippen LogP contribution in [-0.2, 0) is 0 Å². The number of nitro groups is 1. The van der Waals surface area contributed by atoms with Crippen LogP contribution < -0.4 is 5.73 Å². The summed E-state index contributed by atoms with van der Waals surface area (Å²) in [5, 5.41) is 19.9. The lowest BCUT2D eigenvalue weighted by atomic mass is 10.0. The second kappa shape index (κ2) is 4.17. The van der Waals surface area contributed by atoms with E-state index >= 15 is 0 Å². The van der Waals surface area contributed by atoms with Gasteiger partial charge in [-0.05, 0) is 6.92 Å². The molecule has 0 aliphatic carbocycles. The SMILES string of the molecule is C[C@@H](O)[C@@H](N)c1ccccc1[N+](=O)[O-]. The number of nitro benzene ring substituents is 1. The molecule has 5 heteroatoms. The number of rotatable bonds is 3. The van der Waals surface area contributed by atoms with E-state index in [1.807, 2.05) is 0 Å². The first kappa shape index (κ1) is 10.6. The number of nitrogens with two attached hydrogens (primary N) is 1. The first-order chi connectivity index (χ1) is 6.54. The number of nitrogens with zero attached hydrogens (tertiary/aromatic N) is 1. The smallest absolute Gasteiger partial charge is 0.274 e. The van der Waals surface area contributed by atoms with Crippen molar-refractivity contribution in [3.05, 3.63) is 39.9 Å². The van der Waals surface area contributed by atoms with Crippen LogP contribution in [0.1, 0.15) is 18.5 Å². The van der Waals surface area contributed by atoms with E-state index in [0.717, 1.165) is 0 Å². The summed E-state index contributed by atoms with van der Waals surface area (Å²) >= 11 is 0. The zero-order valence-corrected chi connectivity index (χ0v) is 7.75. The summed E-state index contributed by atoms with van der Waals surface area (Å²) in [6.45, 7) is 1.50.